The van der Waals surface area contributed by atoms with E-state index in [0.29, 0.717) is 13.2 Å². The zero-order valence-electron chi connectivity index (χ0n) is 9.28. The van der Waals surface area contributed by atoms with Crippen molar-refractivity contribution in [1.29, 1.82) is 0 Å². The summed E-state index contributed by atoms with van der Waals surface area (Å²) in [5.41, 5.74) is 4.23. The average Bonchev–Trinajstić information content (AvgIpc) is 2.88. The van der Waals surface area contributed by atoms with E-state index in [2.05, 4.69) is 15.6 Å². The number of hydrogen-bond donors (Lipinski definition) is 2. The van der Waals surface area contributed by atoms with Crippen LogP contribution in [0.25, 0.3) is 0 Å². The standard InChI is InChI=1S/C11H14N4O2/c16-5-6-17-11-3-1-10(2-4-11)7-14-15-8-12-13-9-15/h1-4,8-9,14,16H,5-7H2. The number of ether oxygens (including phenoxy) is 1. The van der Waals surface area contributed by atoms with Crippen molar-refractivity contribution in [2.24, 2.45) is 0 Å². The number of hydrogen-bond acceptors (Lipinski definition) is 5. The molecule has 0 aliphatic heterocycles. The molecular formula is C11H14N4O2. The molecule has 0 spiro atoms. The van der Waals surface area contributed by atoms with Gasteiger partial charge in [0, 0.05) is 0 Å². The lowest BCUT2D eigenvalue weighted by Crippen LogP contribution is -2.12. The fourth-order valence-electron chi connectivity index (χ4n) is 1.33. The molecule has 0 unspecified atom stereocenters. The van der Waals surface area contributed by atoms with Crippen LogP contribution in [0.3, 0.4) is 0 Å². The van der Waals surface area contributed by atoms with E-state index in [-0.39, 0.29) is 6.61 Å². The molecule has 0 amide bonds. The lowest BCUT2D eigenvalue weighted by atomic mass is 10.2. The van der Waals surface area contributed by atoms with Gasteiger partial charge in [-0.15, -0.1) is 10.2 Å². The summed E-state index contributed by atoms with van der Waals surface area (Å²) >= 11 is 0. The Bertz CT molecular complexity index is 427. The molecule has 0 atom stereocenters. The van der Waals surface area contributed by atoms with E-state index in [0.717, 1.165) is 11.3 Å². The van der Waals surface area contributed by atoms with E-state index in [1.807, 2.05) is 24.3 Å². The van der Waals surface area contributed by atoms with Gasteiger partial charge in [-0.05, 0) is 17.7 Å². The molecule has 0 aliphatic carbocycles. The summed E-state index contributed by atoms with van der Waals surface area (Å²) in [4.78, 5) is 0. The van der Waals surface area contributed by atoms with Gasteiger partial charge >= 0.3 is 0 Å². The van der Waals surface area contributed by atoms with Crippen LogP contribution in [0.2, 0.25) is 0 Å². The van der Waals surface area contributed by atoms with Crippen LogP contribution in [0.15, 0.2) is 36.9 Å². The number of aliphatic hydroxyl groups is 1. The van der Waals surface area contributed by atoms with Crippen molar-refractivity contribution >= 4 is 0 Å². The Morgan fingerprint density at radius 2 is 1.88 bits per heavy atom. The molecule has 6 nitrogen and oxygen atoms in total. The van der Waals surface area contributed by atoms with Crippen molar-refractivity contribution < 1.29 is 9.84 Å². The highest BCUT2D eigenvalue weighted by Crippen LogP contribution is 2.11. The third kappa shape index (κ3) is 3.46. The highest BCUT2D eigenvalue weighted by molar-refractivity contribution is 5.27. The van der Waals surface area contributed by atoms with Crippen molar-refractivity contribution in [3.63, 3.8) is 0 Å². The zero-order chi connectivity index (χ0) is 11.9. The molecule has 0 fully saturated rings. The number of aliphatic hydroxyl groups excluding tert-OH is 1. The first-order valence-electron chi connectivity index (χ1n) is 5.29. The highest BCUT2D eigenvalue weighted by Gasteiger charge is 1.96. The molecule has 0 bridgehead atoms. The maximum atomic E-state index is 8.62. The Labute approximate surface area is 98.8 Å². The normalized spacial score (nSPS) is 10.2. The predicted molar refractivity (Wildman–Crippen MR) is 62.1 cm³/mol. The monoisotopic (exact) mass is 234 g/mol. The summed E-state index contributed by atoms with van der Waals surface area (Å²) in [6, 6.07) is 7.67. The van der Waals surface area contributed by atoms with E-state index in [1.54, 1.807) is 17.3 Å². The molecule has 1 aromatic carbocycles. The summed E-state index contributed by atoms with van der Waals surface area (Å²) < 4.78 is 6.96. The van der Waals surface area contributed by atoms with E-state index < -0.39 is 0 Å². The van der Waals surface area contributed by atoms with Crippen molar-refractivity contribution in [1.82, 2.24) is 14.9 Å². The number of nitrogens with one attached hydrogen (secondary N) is 1. The van der Waals surface area contributed by atoms with Gasteiger partial charge in [0.15, 0.2) is 0 Å². The van der Waals surface area contributed by atoms with Crippen LogP contribution >= 0.6 is 0 Å². The first-order valence-corrected chi connectivity index (χ1v) is 5.29. The maximum Gasteiger partial charge on any atom is 0.138 e. The minimum atomic E-state index is 0.0247. The van der Waals surface area contributed by atoms with Crippen LogP contribution in [0.4, 0.5) is 0 Å². The quantitative estimate of drug-likeness (QED) is 0.756. The smallest absolute Gasteiger partial charge is 0.138 e. The van der Waals surface area contributed by atoms with Crippen LogP contribution in [-0.2, 0) is 6.54 Å². The first kappa shape index (κ1) is 11.4. The third-order valence-corrected chi connectivity index (χ3v) is 2.17. The summed E-state index contributed by atoms with van der Waals surface area (Å²) in [6.07, 6.45) is 3.19. The van der Waals surface area contributed by atoms with Gasteiger partial charge in [-0.2, -0.15) is 0 Å². The van der Waals surface area contributed by atoms with Crippen LogP contribution in [-0.4, -0.2) is 33.2 Å². The summed E-state index contributed by atoms with van der Waals surface area (Å²) in [5, 5.41) is 16.0. The Balaban J connectivity index is 1.85. The van der Waals surface area contributed by atoms with Gasteiger partial charge in [-0.1, -0.05) is 12.1 Å². The topological polar surface area (TPSA) is 72.2 Å². The number of nitrogens with zero attached hydrogens (tertiary/aromatic N) is 3. The first-order chi connectivity index (χ1) is 8.38. The van der Waals surface area contributed by atoms with Gasteiger partial charge in [-0.25, -0.2) is 4.68 Å². The molecule has 0 aliphatic rings. The Morgan fingerprint density at radius 3 is 2.53 bits per heavy atom. The van der Waals surface area contributed by atoms with Crippen molar-refractivity contribution in [3.8, 4) is 5.75 Å². The molecule has 2 rings (SSSR count). The lowest BCUT2D eigenvalue weighted by molar-refractivity contribution is 0.201. The minimum absolute atomic E-state index is 0.0247. The summed E-state index contributed by atoms with van der Waals surface area (Å²) in [5.74, 6) is 0.757. The molecule has 1 aromatic heterocycles. The molecule has 0 saturated heterocycles. The SMILES string of the molecule is OCCOc1ccc(CNn2cnnc2)cc1. The van der Waals surface area contributed by atoms with Gasteiger partial charge in [0.2, 0.25) is 0 Å². The van der Waals surface area contributed by atoms with Gasteiger partial charge in [0.05, 0.1) is 13.2 Å². The maximum absolute atomic E-state index is 8.62. The molecule has 0 saturated carbocycles. The largest absolute Gasteiger partial charge is 0.491 e. The zero-order valence-corrected chi connectivity index (χ0v) is 9.28. The van der Waals surface area contributed by atoms with Crippen molar-refractivity contribution in [2.75, 3.05) is 18.6 Å². The van der Waals surface area contributed by atoms with Gasteiger partial charge in [0.25, 0.3) is 0 Å². The third-order valence-electron chi connectivity index (χ3n) is 2.17. The molecule has 6 heteroatoms. The fraction of sp³-hybridized carbons (Fsp3) is 0.273. The van der Waals surface area contributed by atoms with Crippen LogP contribution in [0, 0.1) is 0 Å². The van der Waals surface area contributed by atoms with E-state index in [9.17, 15) is 0 Å². The molecule has 0 radical (unpaired) electrons. The van der Waals surface area contributed by atoms with Crippen molar-refractivity contribution in [3.05, 3.63) is 42.5 Å². The Hall–Kier alpha value is -2.08. The lowest BCUT2D eigenvalue weighted by Gasteiger charge is -2.07. The van der Waals surface area contributed by atoms with E-state index in [1.165, 1.54) is 0 Å². The number of benzene rings is 1. The van der Waals surface area contributed by atoms with Crippen molar-refractivity contribution in [2.45, 2.75) is 6.54 Å². The van der Waals surface area contributed by atoms with Gasteiger partial charge < -0.3 is 15.3 Å². The van der Waals surface area contributed by atoms with E-state index in [4.69, 9.17) is 9.84 Å². The average molecular weight is 234 g/mol. The molecule has 17 heavy (non-hydrogen) atoms. The minimum Gasteiger partial charge on any atom is -0.491 e. The second-order valence-corrected chi connectivity index (χ2v) is 3.42. The second kappa shape index (κ2) is 5.86. The molecule has 2 aromatic rings. The predicted octanol–water partition coefficient (Wildman–Crippen LogP) is 0.393. The number of aromatic nitrogens is 3. The van der Waals surface area contributed by atoms with Crippen LogP contribution in [0.1, 0.15) is 5.56 Å². The molecule has 2 N–H and O–H groups in total. The van der Waals surface area contributed by atoms with Crippen LogP contribution < -0.4 is 10.2 Å². The van der Waals surface area contributed by atoms with E-state index >= 15 is 0 Å². The second-order valence-electron chi connectivity index (χ2n) is 3.42. The number of rotatable bonds is 6. The van der Waals surface area contributed by atoms with Crippen LogP contribution in [0.5, 0.6) is 5.75 Å². The highest BCUT2D eigenvalue weighted by atomic mass is 16.5. The molecular weight excluding hydrogens is 220 g/mol. The summed E-state index contributed by atoms with van der Waals surface area (Å²) in [6.45, 7) is 1.02. The molecule has 90 valence electrons. The van der Waals surface area contributed by atoms with Gasteiger partial charge in [0.1, 0.15) is 25.0 Å². The van der Waals surface area contributed by atoms with Gasteiger partial charge in [-0.3, -0.25) is 0 Å². The Morgan fingerprint density at radius 1 is 1.18 bits per heavy atom. The summed E-state index contributed by atoms with van der Waals surface area (Å²) in [7, 11) is 0. The molecule has 1 heterocycles. The fourth-order valence-corrected chi connectivity index (χ4v) is 1.33. The Kier molecular flexibility index (Phi) is 3.93.